The molecule has 0 aromatic heterocycles. The normalized spacial score (nSPS) is 28.9. The minimum absolute atomic E-state index is 0.148. The Bertz CT molecular complexity index is 247. The zero-order valence-electron chi connectivity index (χ0n) is 10.4. The zero-order valence-corrected chi connectivity index (χ0v) is 10.4. The fourth-order valence-corrected chi connectivity index (χ4v) is 1.58. The minimum Gasteiger partial charge on any atom is -0.459 e. The third-order valence-electron chi connectivity index (χ3n) is 2.77. The van der Waals surface area contributed by atoms with Gasteiger partial charge in [0.2, 0.25) is 0 Å². The van der Waals surface area contributed by atoms with E-state index in [1.54, 1.807) is 0 Å². The van der Waals surface area contributed by atoms with E-state index in [4.69, 9.17) is 4.74 Å². The summed E-state index contributed by atoms with van der Waals surface area (Å²) in [7, 11) is 1.96. The number of nitrogens with one attached hydrogen (secondary N) is 1. The molecule has 0 aromatic carbocycles. The highest BCUT2D eigenvalue weighted by Gasteiger charge is 2.42. The second-order valence-electron chi connectivity index (χ2n) is 5.37. The predicted octanol–water partition coefficient (Wildman–Crippen LogP) is 0.622. The van der Waals surface area contributed by atoms with Gasteiger partial charge in [-0.1, -0.05) is 0 Å². The Morgan fingerprint density at radius 3 is 2.53 bits per heavy atom. The van der Waals surface area contributed by atoms with Crippen LogP contribution in [0.5, 0.6) is 0 Å². The molecule has 0 bridgehead atoms. The standard InChI is InChI=1S/C11H22N2O2/c1-10(2,3)15-9(14)11(4)8-12-6-7-13(11)5/h12H,6-8H2,1-5H3. The predicted molar refractivity (Wildman–Crippen MR) is 59.7 cm³/mol. The fourth-order valence-electron chi connectivity index (χ4n) is 1.58. The molecule has 1 atom stereocenters. The van der Waals surface area contributed by atoms with Crippen molar-refractivity contribution in [2.24, 2.45) is 0 Å². The Balaban J connectivity index is 2.71. The van der Waals surface area contributed by atoms with Gasteiger partial charge in [0.25, 0.3) is 0 Å². The molecule has 1 unspecified atom stereocenters. The largest absolute Gasteiger partial charge is 0.459 e. The molecule has 1 N–H and O–H groups in total. The summed E-state index contributed by atoms with van der Waals surface area (Å²) in [5.41, 5.74) is -0.954. The summed E-state index contributed by atoms with van der Waals surface area (Å²) < 4.78 is 5.43. The van der Waals surface area contributed by atoms with Gasteiger partial charge < -0.3 is 10.1 Å². The van der Waals surface area contributed by atoms with Gasteiger partial charge >= 0.3 is 5.97 Å². The molecule has 15 heavy (non-hydrogen) atoms. The lowest BCUT2D eigenvalue weighted by molar-refractivity contribution is -0.169. The van der Waals surface area contributed by atoms with E-state index >= 15 is 0 Å². The van der Waals surface area contributed by atoms with Crippen LogP contribution in [0, 0.1) is 0 Å². The van der Waals surface area contributed by atoms with Crippen molar-refractivity contribution in [2.45, 2.75) is 38.8 Å². The van der Waals surface area contributed by atoms with Gasteiger partial charge in [-0.25, -0.2) is 4.79 Å². The van der Waals surface area contributed by atoms with Crippen LogP contribution in [-0.2, 0) is 9.53 Å². The number of likely N-dealkylation sites (N-methyl/N-ethyl adjacent to an activating group) is 1. The number of piperazine rings is 1. The first-order valence-electron chi connectivity index (χ1n) is 5.41. The van der Waals surface area contributed by atoms with E-state index in [-0.39, 0.29) is 5.97 Å². The highest BCUT2D eigenvalue weighted by Crippen LogP contribution is 2.20. The summed E-state index contributed by atoms with van der Waals surface area (Å²) in [6.07, 6.45) is 0. The van der Waals surface area contributed by atoms with Gasteiger partial charge in [-0.2, -0.15) is 0 Å². The first-order valence-corrected chi connectivity index (χ1v) is 5.41. The molecule has 0 saturated carbocycles. The van der Waals surface area contributed by atoms with Crippen LogP contribution in [0.4, 0.5) is 0 Å². The number of ether oxygens (including phenoxy) is 1. The monoisotopic (exact) mass is 214 g/mol. The first-order chi connectivity index (χ1) is 6.76. The van der Waals surface area contributed by atoms with Crippen LogP contribution < -0.4 is 5.32 Å². The smallest absolute Gasteiger partial charge is 0.328 e. The Labute approximate surface area is 92.0 Å². The molecule has 1 aliphatic rings. The average molecular weight is 214 g/mol. The third kappa shape index (κ3) is 2.92. The van der Waals surface area contributed by atoms with Crippen molar-refractivity contribution in [1.29, 1.82) is 0 Å². The van der Waals surface area contributed by atoms with Gasteiger partial charge in [-0.05, 0) is 34.7 Å². The molecule has 1 aliphatic heterocycles. The highest BCUT2D eigenvalue weighted by molar-refractivity contribution is 5.81. The topological polar surface area (TPSA) is 41.6 Å². The Morgan fingerprint density at radius 2 is 2.07 bits per heavy atom. The molecule has 88 valence electrons. The summed E-state index contributed by atoms with van der Waals surface area (Å²) in [6, 6.07) is 0. The number of nitrogens with zero attached hydrogens (tertiary/aromatic N) is 1. The van der Waals surface area contributed by atoms with Crippen molar-refractivity contribution >= 4 is 5.97 Å². The van der Waals surface area contributed by atoms with Gasteiger partial charge in [0, 0.05) is 19.6 Å². The molecule has 1 rings (SSSR count). The summed E-state index contributed by atoms with van der Waals surface area (Å²) in [5.74, 6) is -0.148. The lowest BCUT2D eigenvalue weighted by atomic mass is 9.98. The van der Waals surface area contributed by atoms with Crippen molar-refractivity contribution in [3.8, 4) is 0 Å². The van der Waals surface area contributed by atoms with Crippen LogP contribution in [0.15, 0.2) is 0 Å². The minimum atomic E-state index is -0.536. The SMILES string of the molecule is CN1CCNCC1(C)C(=O)OC(C)(C)C. The van der Waals surface area contributed by atoms with E-state index in [0.29, 0.717) is 6.54 Å². The maximum atomic E-state index is 12.0. The summed E-state index contributed by atoms with van der Waals surface area (Å²) >= 11 is 0. The van der Waals surface area contributed by atoms with E-state index in [9.17, 15) is 4.79 Å². The molecule has 0 radical (unpaired) electrons. The summed E-state index contributed by atoms with van der Waals surface area (Å²) in [4.78, 5) is 14.1. The Kier molecular flexibility index (Phi) is 3.41. The van der Waals surface area contributed by atoms with E-state index in [0.717, 1.165) is 13.1 Å². The Hall–Kier alpha value is -0.610. The third-order valence-corrected chi connectivity index (χ3v) is 2.77. The molecule has 0 aromatic rings. The van der Waals surface area contributed by atoms with Crippen LogP contribution in [0.25, 0.3) is 0 Å². The van der Waals surface area contributed by atoms with Crippen LogP contribution in [0.2, 0.25) is 0 Å². The van der Waals surface area contributed by atoms with Crippen LogP contribution in [-0.4, -0.2) is 48.7 Å². The maximum Gasteiger partial charge on any atom is 0.328 e. The van der Waals surface area contributed by atoms with Crippen LogP contribution in [0.3, 0.4) is 0 Å². The molecular weight excluding hydrogens is 192 g/mol. The Morgan fingerprint density at radius 1 is 1.47 bits per heavy atom. The van der Waals surface area contributed by atoms with E-state index in [1.165, 1.54) is 0 Å². The van der Waals surface area contributed by atoms with Crippen LogP contribution >= 0.6 is 0 Å². The molecule has 1 saturated heterocycles. The zero-order chi connectivity index (χ0) is 11.7. The number of carbonyl (C=O) groups is 1. The number of carbonyl (C=O) groups excluding carboxylic acids is 1. The van der Waals surface area contributed by atoms with Gasteiger partial charge in [-0.15, -0.1) is 0 Å². The molecule has 0 spiro atoms. The molecule has 4 heteroatoms. The van der Waals surface area contributed by atoms with Gasteiger partial charge in [-0.3, -0.25) is 4.90 Å². The van der Waals surface area contributed by atoms with Gasteiger partial charge in [0.15, 0.2) is 0 Å². The van der Waals surface area contributed by atoms with Crippen molar-refractivity contribution in [3.63, 3.8) is 0 Å². The van der Waals surface area contributed by atoms with E-state index < -0.39 is 11.1 Å². The first kappa shape index (κ1) is 12.5. The van der Waals surface area contributed by atoms with Crippen molar-refractivity contribution in [2.75, 3.05) is 26.7 Å². The van der Waals surface area contributed by atoms with E-state index in [1.807, 2.05) is 34.7 Å². The van der Waals surface area contributed by atoms with Crippen molar-refractivity contribution in [3.05, 3.63) is 0 Å². The van der Waals surface area contributed by atoms with Crippen molar-refractivity contribution < 1.29 is 9.53 Å². The molecule has 4 nitrogen and oxygen atoms in total. The molecule has 1 heterocycles. The van der Waals surface area contributed by atoms with Gasteiger partial charge in [0.1, 0.15) is 11.1 Å². The number of hydrogen-bond acceptors (Lipinski definition) is 4. The molecule has 0 amide bonds. The fraction of sp³-hybridized carbons (Fsp3) is 0.909. The lowest BCUT2D eigenvalue weighted by Gasteiger charge is -2.41. The number of hydrogen-bond donors (Lipinski definition) is 1. The molecule has 0 aliphatic carbocycles. The average Bonchev–Trinajstić information content (AvgIpc) is 2.07. The van der Waals surface area contributed by atoms with E-state index in [2.05, 4.69) is 10.2 Å². The maximum absolute atomic E-state index is 12.0. The second kappa shape index (κ2) is 4.10. The van der Waals surface area contributed by atoms with Gasteiger partial charge in [0.05, 0.1) is 0 Å². The summed E-state index contributed by atoms with van der Waals surface area (Å²) in [5, 5.41) is 3.23. The van der Waals surface area contributed by atoms with Crippen molar-refractivity contribution in [1.82, 2.24) is 10.2 Å². The second-order valence-corrected chi connectivity index (χ2v) is 5.37. The highest BCUT2D eigenvalue weighted by atomic mass is 16.6. The number of rotatable bonds is 1. The van der Waals surface area contributed by atoms with Crippen LogP contribution in [0.1, 0.15) is 27.7 Å². The number of esters is 1. The quantitative estimate of drug-likeness (QED) is 0.650. The molecular formula is C11H22N2O2. The lowest BCUT2D eigenvalue weighted by Crippen LogP contribution is -2.63. The molecule has 1 fully saturated rings. The summed E-state index contributed by atoms with van der Waals surface area (Å²) in [6.45, 7) is 10.1.